The lowest BCUT2D eigenvalue weighted by molar-refractivity contribution is 0.879. The van der Waals surface area contributed by atoms with Gasteiger partial charge in [-0.05, 0) is 60.9 Å². The number of rotatable bonds is 4. The first-order valence-electron chi connectivity index (χ1n) is 7.62. The maximum atomic E-state index is 4.43. The molecule has 3 heterocycles. The first kappa shape index (κ1) is 15.9. The lowest BCUT2D eigenvalue weighted by atomic mass is 10.2. The zero-order chi connectivity index (χ0) is 17.2. The van der Waals surface area contributed by atoms with Crippen molar-refractivity contribution in [3.63, 3.8) is 0 Å². The summed E-state index contributed by atoms with van der Waals surface area (Å²) in [5.74, 6) is 1.55. The van der Waals surface area contributed by atoms with Gasteiger partial charge in [0.25, 0.3) is 0 Å². The molecule has 0 N–H and O–H groups in total. The average molecular weight is 366 g/mol. The quantitative estimate of drug-likeness (QED) is 0.545. The third kappa shape index (κ3) is 3.18. The molecule has 0 spiro atoms. The average Bonchev–Trinajstić information content (AvgIpc) is 3.23. The molecular formula is C17H14N6S2. The van der Waals surface area contributed by atoms with Gasteiger partial charge in [0, 0.05) is 18.0 Å². The number of hydrogen-bond donors (Lipinski definition) is 0. The summed E-state index contributed by atoms with van der Waals surface area (Å²) in [7, 11) is 0. The highest BCUT2D eigenvalue weighted by Crippen LogP contribution is 2.33. The van der Waals surface area contributed by atoms with Gasteiger partial charge < -0.3 is 0 Å². The molecule has 0 aliphatic heterocycles. The molecule has 25 heavy (non-hydrogen) atoms. The van der Waals surface area contributed by atoms with E-state index < -0.39 is 0 Å². The highest BCUT2D eigenvalue weighted by molar-refractivity contribution is 8.00. The Bertz CT molecular complexity index is 1010. The number of nitrogens with zero attached hydrogens (tertiary/aromatic N) is 6. The molecule has 3 aromatic heterocycles. The largest absolute Gasteiger partial charge is 0.269 e. The Morgan fingerprint density at radius 1 is 1.00 bits per heavy atom. The van der Waals surface area contributed by atoms with Crippen LogP contribution in [-0.4, -0.2) is 29.1 Å². The van der Waals surface area contributed by atoms with Crippen LogP contribution in [0, 0.1) is 13.8 Å². The SMILES string of the molecule is Cc1nsc(Sc2nnc(-c3ccncc3)n2-c2ccccc2C)n1. The standard InChI is InChI=1S/C17H14N6S2/c1-11-5-3-4-6-14(11)23-15(13-7-9-18-10-8-13)20-21-16(23)24-17-19-12(2)22-25-17/h3-10H,1-2H3. The second kappa shape index (κ2) is 6.73. The van der Waals surface area contributed by atoms with Gasteiger partial charge in [0.2, 0.25) is 5.16 Å². The maximum absolute atomic E-state index is 4.43. The predicted molar refractivity (Wildman–Crippen MR) is 98.1 cm³/mol. The van der Waals surface area contributed by atoms with E-state index in [1.165, 1.54) is 23.3 Å². The van der Waals surface area contributed by atoms with Crippen LogP contribution in [0.15, 0.2) is 58.3 Å². The van der Waals surface area contributed by atoms with Crippen LogP contribution < -0.4 is 0 Å². The van der Waals surface area contributed by atoms with Gasteiger partial charge in [0.05, 0.1) is 5.69 Å². The fraction of sp³-hybridized carbons (Fsp3) is 0.118. The van der Waals surface area contributed by atoms with E-state index in [9.17, 15) is 0 Å². The molecule has 4 aromatic rings. The molecular weight excluding hydrogens is 352 g/mol. The summed E-state index contributed by atoms with van der Waals surface area (Å²) in [4.78, 5) is 8.51. The van der Waals surface area contributed by atoms with Crippen molar-refractivity contribution in [2.45, 2.75) is 23.3 Å². The molecule has 0 aliphatic rings. The van der Waals surface area contributed by atoms with Gasteiger partial charge in [0.15, 0.2) is 10.2 Å². The molecule has 0 saturated carbocycles. The third-order valence-corrected chi connectivity index (χ3v) is 5.41. The lowest BCUT2D eigenvalue weighted by Crippen LogP contribution is -2.01. The summed E-state index contributed by atoms with van der Waals surface area (Å²) in [6.45, 7) is 3.96. The summed E-state index contributed by atoms with van der Waals surface area (Å²) < 4.78 is 7.15. The van der Waals surface area contributed by atoms with E-state index in [2.05, 4.69) is 48.2 Å². The van der Waals surface area contributed by atoms with E-state index in [1.807, 2.05) is 31.2 Å². The molecule has 0 unspecified atom stereocenters. The van der Waals surface area contributed by atoms with Crippen LogP contribution in [-0.2, 0) is 0 Å². The van der Waals surface area contributed by atoms with Crippen LogP contribution in [0.1, 0.15) is 11.4 Å². The summed E-state index contributed by atoms with van der Waals surface area (Å²) in [5, 5.41) is 9.60. The molecule has 1 aromatic carbocycles. The molecule has 124 valence electrons. The van der Waals surface area contributed by atoms with E-state index in [0.29, 0.717) is 0 Å². The molecule has 0 aliphatic carbocycles. The van der Waals surface area contributed by atoms with Gasteiger partial charge in [-0.3, -0.25) is 9.55 Å². The summed E-state index contributed by atoms with van der Waals surface area (Å²) in [6, 6.07) is 12.1. The van der Waals surface area contributed by atoms with Crippen molar-refractivity contribution >= 4 is 23.3 Å². The van der Waals surface area contributed by atoms with Crippen molar-refractivity contribution in [3.05, 3.63) is 60.2 Å². The minimum Gasteiger partial charge on any atom is -0.269 e. The third-order valence-electron chi connectivity index (χ3n) is 3.62. The molecule has 8 heteroatoms. The van der Waals surface area contributed by atoms with Crippen molar-refractivity contribution in [2.24, 2.45) is 0 Å². The molecule has 0 atom stereocenters. The van der Waals surface area contributed by atoms with Crippen LogP contribution in [0.25, 0.3) is 17.1 Å². The second-order valence-corrected chi connectivity index (χ2v) is 7.34. The van der Waals surface area contributed by atoms with Gasteiger partial charge >= 0.3 is 0 Å². The van der Waals surface area contributed by atoms with Gasteiger partial charge in [-0.15, -0.1) is 10.2 Å². The summed E-state index contributed by atoms with van der Waals surface area (Å²) in [6.07, 6.45) is 3.51. The van der Waals surface area contributed by atoms with Crippen molar-refractivity contribution in [3.8, 4) is 17.1 Å². The number of aryl methyl sites for hydroxylation is 2. The Morgan fingerprint density at radius 3 is 2.52 bits per heavy atom. The zero-order valence-electron chi connectivity index (χ0n) is 13.6. The van der Waals surface area contributed by atoms with Crippen molar-refractivity contribution in [2.75, 3.05) is 0 Å². The van der Waals surface area contributed by atoms with Gasteiger partial charge in [0.1, 0.15) is 5.82 Å². The monoisotopic (exact) mass is 366 g/mol. The minimum atomic E-state index is 0.761. The van der Waals surface area contributed by atoms with E-state index in [-0.39, 0.29) is 0 Å². The van der Waals surface area contributed by atoms with Gasteiger partial charge in [-0.25, -0.2) is 4.98 Å². The molecule has 0 saturated heterocycles. The second-order valence-electron chi connectivity index (χ2n) is 5.37. The zero-order valence-corrected chi connectivity index (χ0v) is 15.3. The Hall–Kier alpha value is -2.58. The smallest absolute Gasteiger partial charge is 0.203 e. The first-order chi connectivity index (χ1) is 12.2. The van der Waals surface area contributed by atoms with Crippen LogP contribution in [0.3, 0.4) is 0 Å². The van der Waals surface area contributed by atoms with Crippen LogP contribution in [0.2, 0.25) is 0 Å². The van der Waals surface area contributed by atoms with E-state index in [4.69, 9.17) is 0 Å². The number of aromatic nitrogens is 6. The lowest BCUT2D eigenvalue weighted by Gasteiger charge is -2.12. The normalized spacial score (nSPS) is 11.0. The number of hydrogen-bond acceptors (Lipinski definition) is 7. The molecule has 0 bridgehead atoms. The number of para-hydroxylation sites is 1. The van der Waals surface area contributed by atoms with Crippen molar-refractivity contribution < 1.29 is 0 Å². The summed E-state index contributed by atoms with van der Waals surface area (Å²) >= 11 is 2.84. The fourth-order valence-corrected chi connectivity index (χ4v) is 4.05. The Balaban J connectivity index is 1.87. The van der Waals surface area contributed by atoms with Crippen LogP contribution >= 0.6 is 23.3 Å². The molecule has 0 fully saturated rings. The van der Waals surface area contributed by atoms with Crippen LogP contribution in [0.4, 0.5) is 0 Å². The van der Waals surface area contributed by atoms with E-state index >= 15 is 0 Å². The highest BCUT2D eigenvalue weighted by Gasteiger charge is 2.19. The Kier molecular flexibility index (Phi) is 4.29. The van der Waals surface area contributed by atoms with Gasteiger partial charge in [-0.2, -0.15) is 4.37 Å². The molecule has 4 rings (SSSR count). The first-order valence-corrected chi connectivity index (χ1v) is 9.21. The topological polar surface area (TPSA) is 69.4 Å². The predicted octanol–water partition coefficient (Wildman–Crippen LogP) is 3.95. The van der Waals surface area contributed by atoms with Crippen molar-refractivity contribution in [1.29, 1.82) is 0 Å². The van der Waals surface area contributed by atoms with Crippen LogP contribution in [0.5, 0.6) is 0 Å². The molecule has 0 amide bonds. The molecule has 0 radical (unpaired) electrons. The maximum Gasteiger partial charge on any atom is 0.203 e. The Labute approximate surface area is 153 Å². The van der Waals surface area contributed by atoms with Crippen molar-refractivity contribution in [1.82, 2.24) is 29.1 Å². The minimum absolute atomic E-state index is 0.761. The number of pyridine rings is 1. The highest BCUT2D eigenvalue weighted by atomic mass is 32.2. The Morgan fingerprint density at radius 2 is 1.80 bits per heavy atom. The van der Waals surface area contributed by atoms with Gasteiger partial charge in [-0.1, -0.05) is 18.2 Å². The summed E-state index contributed by atoms with van der Waals surface area (Å²) in [5.41, 5.74) is 3.15. The molecule has 6 nitrogen and oxygen atoms in total. The number of benzene rings is 1. The fourth-order valence-electron chi connectivity index (χ4n) is 2.45. The van der Waals surface area contributed by atoms with E-state index in [0.717, 1.165) is 38.0 Å². The van der Waals surface area contributed by atoms with E-state index in [1.54, 1.807) is 12.4 Å².